The summed E-state index contributed by atoms with van der Waals surface area (Å²) in [6.07, 6.45) is 0. The highest BCUT2D eigenvalue weighted by Crippen LogP contribution is 2.30. The molecule has 23 heavy (non-hydrogen) atoms. The van der Waals surface area contributed by atoms with Crippen molar-refractivity contribution in [3.05, 3.63) is 70.7 Å². The molecule has 0 atom stereocenters. The first-order valence-electron chi connectivity index (χ1n) is 6.98. The van der Waals surface area contributed by atoms with E-state index >= 15 is 0 Å². The van der Waals surface area contributed by atoms with E-state index in [0.29, 0.717) is 10.0 Å². The largest absolute Gasteiger partial charge is 0.325 e. The number of hydrogen-bond donors (Lipinski definition) is 1. The Morgan fingerprint density at radius 1 is 0.957 bits per heavy atom. The number of halogens is 2. The number of nitrogens with one attached hydrogen (secondary N) is 1. The quantitative estimate of drug-likeness (QED) is 0.588. The van der Waals surface area contributed by atoms with Gasteiger partial charge >= 0.3 is 0 Å². The molecule has 0 fully saturated rings. The first-order valence-corrected chi connectivity index (χ1v) is 8.72. The summed E-state index contributed by atoms with van der Waals surface area (Å²) in [6.45, 7) is 0. The summed E-state index contributed by atoms with van der Waals surface area (Å²) < 4.78 is 0. The first-order chi connectivity index (χ1) is 11.1. The molecule has 3 aromatic carbocycles. The number of benzene rings is 3. The number of fused-ring (bicyclic) bond motifs is 1. The predicted molar refractivity (Wildman–Crippen MR) is 99.8 cm³/mol. The van der Waals surface area contributed by atoms with Crippen LogP contribution >= 0.6 is 35.0 Å². The van der Waals surface area contributed by atoms with Crippen LogP contribution in [0.5, 0.6) is 0 Å². The Kier molecular flexibility index (Phi) is 5.11. The van der Waals surface area contributed by atoms with Gasteiger partial charge in [-0.15, -0.1) is 11.8 Å². The molecule has 0 spiro atoms. The molecule has 0 unspecified atom stereocenters. The number of amides is 1. The fourth-order valence-electron chi connectivity index (χ4n) is 2.20. The van der Waals surface area contributed by atoms with Crippen molar-refractivity contribution >= 4 is 57.3 Å². The minimum atomic E-state index is -0.0821. The summed E-state index contributed by atoms with van der Waals surface area (Å²) in [4.78, 5) is 12.9. The number of anilines is 1. The third kappa shape index (κ3) is 4.20. The minimum absolute atomic E-state index is 0.0821. The summed E-state index contributed by atoms with van der Waals surface area (Å²) in [5.74, 6) is 0.189. The lowest BCUT2D eigenvalue weighted by atomic mass is 10.1. The summed E-state index contributed by atoms with van der Waals surface area (Å²) in [5, 5.41) is 6.34. The smallest absolute Gasteiger partial charge is 0.234 e. The summed E-state index contributed by atoms with van der Waals surface area (Å²) in [5.41, 5.74) is 0.784. The molecule has 3 rings (SSSR count). The van der Waals surface area contributed by atoms with Gasteiger partial charge in [-0.2, -0.15) is 0 Å². The van der Waals surface area contributed by atoms with E-state index in [0.717, 1.165) is 21.4 Å². The maximum absolute atomic E-state index is 12.1. The van der Waals surface area contributed by atoms with Gasteiger partial charge in [-0.1, -0.05) is 53.5 Å². The van der Waals surface area contributed by atoms with Gasteiger partial charge in [0, 0.05) is 15.6 Å². The highest BCUT2D eigenvalue weighted by molar-refractivity contribution is 8.00. The van der Waals surface area contributed by atoms with Crippen LogP contribution in [-0.2, 0) is 4.79 Å². The van der Waals surface area contributed by atoms with Crippen molar-refractivity contribution in [1.82, 2.24) is 0 Å². The summed E-state index contributed by atoms with van der Waals surface area (Å²) >= 11 is 13.4. The second-order valence-electron chi connectivity index (χ2n) is 4.97. The zero-order chi connectivity index (χ0) is 16.2. The Bertz CT molecular complexity index is 867. The molecule has 5 heteroatoms. The van der Waals surface area contributed by atoms with E-state index in [1.807, 2.05) is 42.5 Å². The van der Waals surface area contributed by atoms with Crippen LogP contribution < -0.4 is 5.32 Å². The van der Waals surface area contributed by atoms with Crippen LogP contribution in [0, 0.1) is 0 Å². The molecule has 1 N–H and O–H groups in total. The Balaban J connectivity index is 1.65. The molecule has 0 aromatic heterocycles. The van der Waals surface area contributed by atoms with Crippen LogP contribution in [0.1, 0.15) is 0 Å². The van der Waals surface area contributed by atoms with Crippen molar-refractivity contribution in [2.24, 2.45) is 0 Å². The van der Waals surface area contributed by atoms with E-state index in [1.54, 1.807) is 18.2 Å². The lowest BCUT2D eigenvalue weighted by molar-refractivity contribution is -0.113. The zero-order valence-corrected chi connectivity index (χ0v) is 14.4. The van der Waals surface area contributed by atoms with Gasteiger partial charge in [-0.3, -0.25) is 4.79 Å². The van der Waals surface area contributed by atoms with E-state index in [9.17, 15) is 4.79 Å². The summed E-state index contributed by atoms with van der Waals surface area (Å²) in [7, 11) is 0. The second-order valence-corrected chi connectivity index (χ2v) is 6.83. The standard InChI is InChI=1S/C18H13Cl2NOS/c19-14-6-8-16(20)17(10-14)23-11-18(22)21-15-7-5-12-3-1-2-4-13(12)9-15/h1-10H,11H2,(H,21,22). The molecule has 0 saturated heterocycles. The number of rotatable bonds is 4. The van der Waals surface area contributed by atoms with Gasteiger partial charge < -0.3 is 5.32 Å². The third-order valence-corrected chi connectivity index (χ3v) is 5.02. The molecule has 0 heterocycles. The first kappa shape index (κ1) is 16.2. The average Bonchev–Trinajstić information content (AvgIpc) is 2.55. The predicted octanol–water partition coefficient (Wildman–Crippen LogP) is 5.88. The van der Waals surface area contributed by atoms with Gasteiger partial charge in [0.1, 0.15) is 0 Å². The van der Waals surface area contributed by atoms with E-state index in [1.165, 1.54) is 11.8 Å². The molecule has 0 aliphatic carbocycles. The Morgan fingerprint density at radius 2 is 1.74 bits per heavy atom. The van der Waals surface area contributed by atoms with Crippen molar-refractivity contribution in [2.75, 3.05) is 11.1 Å². The fraction of sp³-hybridized carbons (Fsp3) is 0.0556. The van der Waals surface area contributed by atoms with Gasteiger partial charge in [0.25, 0.3) is 0 Å². The molecule has 0 bridgehead atoms. The molecule has 2 nitrogen and oxygen atoms in total. The summed E-state index contributed by atoms with van der Waals surface area (Å²) in [6, 6.07) is 19.1. The Hall–Kier alpha value is -1.68. The molecule has 0 aliphatic heterocycles. The number of thioether (sulfide) groups is 1. The normalized spacial score (nSPS) is 10.7. The molecular formula is C18H13Cl2NOS. The van der Waals surface area contributed by atoms with Gasteiger partial charge in [0.05, 0.1) is 10.8 Å². The lowest BCUT2D eigenvalue weighted by Gasteiger charge is -2.07. The van der Waals surface area contributed by atoms with Crippen molar-refractivity contribution < 1.29 is 4.79 Å². The third-order valence-electron chi connectivity index (χ3n) is 3.29. The zero-order valence-electron chi connectivity index (χ0n) is 12.1. The van der Waals surface area contributed by atoms with E-state index in [4.69, 9.17) is 23.2 Å². The number of carbonyl (C=O) groups is 1. The molecular weight excluding hydrogens is 349 g/mol. The molecule has 3 aromatic rings. The highest BCUT2D eigenvalue weighted by atomic mass is 35.5. The molecule has 116 valence electrons. The van der Waals surface area contributed by atoms with Crippen LogP contribution in [0.2, 0.25) is 10.0 Å². The number of carbonyl (C=O) groups excluding carboxylic acids is 1. The molecule has 1 amide bonds. The average molecular weight is 362 g/mol. The second kappa shape index (κ2) is 7.26. The molecule has 0 saturated carbocycles. The van der Waals surface area contributed by atoms with Crippen LogP contribution in [0.3, 0.4) is 0 Å². The molecule has 0 radical (unpaired) electrons. The van der Waals surface area contributed by atoms with Gasteiger partial charge in [0.15, 0.2) is 0 Å². The van der Waals surface area contributed by atoms with Gasteiger partial charge in [0.2, 0.25) is 5.91 Å². The van der Waals surface area contributed by atoms with Crippen LogP contribution in [0.25, 0.3) is 10.8 Å². The van der Waals surface area contributed by atoms with Gasteiger partial charge in [-0.25, -0.2) is 0 Å². The number of hydrogen-bond acceptors (Lipinski definition) is 2. The Labute approximate surface area is 148 Å². The van der Waals surface area contributed by atoms with Crippen LogP contribution in [0.15, 0.2) is 65.6 Å². The van der Waals surface area contributed by atoms with Crippen LogP contribution in [0.4, 0.5) is 5.69 Å². The highest BCUT2D eigenvalue weighted by Gasteiger charge is 2.07. The van der Waals surface area contributed by atoms with Crippen molar-refractivity contribution in [3.8, 4) is 0 Å². The maximum Gasteiger partial charge on any atom is 0.234 e. The van der Waals surface area contributed by atoms with Crippen molar-refractivity contribution in [2.45, 2.75) is 4.90 Å². The van der Waals surface area contributed by atoms with E-state index < -0.39 is 0 Å². The van der Waals surface area contributed by atoms with E-state index in [-0.39, 0.29) is 11.7 Å². The van der Waals surface area contributed by atoms with Crippen molar-refractivity contribution in [1.29, 1.82) is 0 Å². The SMILES string of the molecule is O=C(CSc1cc(Cl)ccc1Cl)Nc1ccc2ccccc2c1. The monoisotopic (exact) mass is 361 g/mol. The molecule has 0 aliphatic rings. The van der Waals surface area contributed by atoms with Crippen molar-refractivity contribution in [3.63, 3.8) is 0 Å². The van der Waals surface area contributed by atoms with Gasteiger partial charge in [-0.05, 0) is 41.1 Å². The van der Waals surface area contributed by atoms with Crippen LogP contribution in [-0.4, -0.2) is 11.7 Å². The topological polar surface area (TPSA) is 29.1 Å². The lowest BCUT2D eigenvalue weighted by Crippen LogP contribution is -2.13. The fourth-order valence-corrected chi connectivity index (χ4v) is 3.49. The minimum Gasteiger partial charge on any atom is -0.325 e. The van der Waals surface area contributed by atoms with E-state index in [2.05, 4.69) is 5.32 Å². The Morgan fingerprint density at radius 3 is 2.57 bits per heavy atom. The maximum atomic E-state index is 12.1.